The molecule has 0 radical (unpaired) electrons. The predicted molar refractivity (Wildman–Crippen MR) is 74.1 cm³/mol. The van der Waals surface area contributed by atoms with Crippen LogP contribution in [0.4, 0.5) is 10.5 Å². The summed E-state index contributed by atoms with van der Waals surface area (Å²) in [6.45, 7) is 1.59. The minimum Gasteiger partial charge on any atom is -0.324 e. The lowest BCUT2D eigenvalue weighted by atomic mass is 10.1. The quantitative estimate of drug-likeness (QED) is 0.865. The van der Waals surface area contributed by atoms with Crippen molar-refractivity contribution in [3.8, 4) is 0 Å². The molecule has 2 rings (SSSR count). The third-order valence-corrected chi connectivity index (χ3v) is 3.54. The number of nitrogens with zero attached hydrogens (tertiary/aromatic N) is 1. The van der Waals surface area contributed by atoms with Crippen LogP contribution in [0.3, 0.4) is 0 Å². The number of anilines is 1. The maximum absolute atomic E-state index is 12.0. The van der Waals surface area contributed by atoms with E-state index in [9.17, 15) is 4.79 Å². The molecule has 0 atom stereocenters. The number of halogens is 1. The molecule has 0 aliphatic carbocycles. The second kappa shape index (κ2) is 6.07. The molecule has 98 valence electrons. The van der Waals surface area contributed by atoms with E-state index in [1.165, 1.54) is 0 Å². The maximum Gasteiger partial charge on any atom is 0.321 e. The number of benzene rings is 1. The summed E-state index contributed by atoms with van der Waals surface area (Å²) in [5, 5.41) is 6.80. The van der Waals surface area contributed by atoms with E-state index < -0.39 is 0 Å². The number of amides is 2. The fourth-order valence-corrected chi connectivity index (χ4v) is 2.23. The van der Waals surface area contributed by atoms with Gasteiger partial charge in [-0.15, -0.1) is 0 Å². The lowest BCUT2D eigenvalue weighted by molar-refractivity contribution is 0.190. The van der Waals surface area contributed by atoms with Gasteiger partial charge in [-0.05, 0) is 44.2 Å². The first kappa shape index (κ1) is 13.2. The number of carbonyl (C=O) groups excluding carboxylic acids is 1. The molecule has 0 bridgehead atoms. The van der Waals surface area contributed by atoms with Gasteiger partial charge in [-0.1, -0.05) is 11.6 Å². The summed E-state index contributed by atoms with van der Waals surface area (Å²) in [6, 6.07) is 7.65. The van der Waals surface area contributed by atoms with Crippen molar-refractivity contribution in [2.75, 3.05) is 25.5 Å². The monoisotopic (exact) mass is 267 g/mol. The highest BCUT2D eigenvalue weighted by Crippen LogP contribution is 2.15. The van der Waals surface area contributed by atoms with Gasteiger partial charge in [0.2, 0.25) is 0 Å². The zero-order valence-corrected chi connectivity index (χ0v) is 11.2. The van der Waals surface area contributed by atoms with Gasteiger partial charge in [-0.25, -0.2) is 4.79 Å². The van der Waals surface area contributed by atoms with Crippen molar-refractivity contribution in [3.05, 3.63) is 29.3 Å². The number of piperidine rings is 1. The molecule has 0 unspecified atom stereocenters. The highest BCUT2D eigenvalue weighted by Gasteiger charge is 2.21. The molecule has 1 saturated heterocycles. The summed E-state index contributed by atoms with van der Waals surface area (Å²) in [7, 11) is 1.97. The van der Waals surface area contributed by atoms with Crippen LogP contribution in [0.2, 0.25) is 5.02 Å². The van der Waals surface area contributed by atoms with Gasteiger partial charge in [0.15, 0.2) is 0 Å². The van der Waals surface area contributed by atoms with Crippen LogP contribution in [-0.2, 0) is 0 Å². The van der Waals surface area contributed by atoms with Crippen LogP contribution < -0.4 is 10.6 Å². The first-order valence-corrected chi connectivity index (χ1v) is 6.55. The number of hydrogen-bond donors (Lipinski definition) is 2. The summed E-state index contributed by atoms with van der Waals surface area (Å²) < 4.78 is 0. The highest BCUT2D eigenvalue weighted by molar-refractivity contribution is 6.30. The molecule has 2 amide bonds. The van der Waals surface area contributed by atoms with E-state index in [2.05, 4.69) is 10.6 Å². The molecule has 1 aliphatic heterocycles. The Hall–Kier alpha value is -1.26. The number of likely N-dealkylation sites (tertiary alicyclic amines) is 1. The molecule has 1 heterocycles. The molecule has 0 aromatic heterocycles. The summed E-state index contributed by atoms with van der Waals surface area (Å²) >= 11 is 5.80. The fourth-order valence-electron chi connectivity index (χ4n) is 2.11. The number of urea groups is 1. The Morgan fingerprint density at radius 1 is 1.28 bits per heavy atom. The number of hydrogen-bond acceptors (Lipinski definition) is 2. The smallest absolute Gasteiger partial charge is 0.321 e. The van der Waals surface area contributed by atoms with Crippen molar-refractivity contribution in [2.24, 2.45) is 0 Å². The molecular formula is C13H18ClN3O. The van der Waals surface area contributed by atoms with E-state index in [4.69, 9.17) is 11.6 Å². The molecule has 1 aromatic carbocycles. The van der Waals surface area contributed by atoms with Gasteiger partial charge in [-0.3, -0.25) is 0 Å². The Kier molecular flexibility index (Phi) is 4.44. The Bertz CT molecular complexity index is 399. The molecule has 1 aliphatic rings. The Labute approximate surface area is 112 Å². The average Bonchev–Trinajstić information content (AvgIpc) is 2.41. The normalized spacial score (nSPS) is 16.7. The van der Waals surface area contributed by atoms with Crippen molar-refractivity contribution in [1.29, 1.82) is 0 Å². The topological polar surface area (TPSA) is 44.4 Å². The second-order valence-corrected chi connectivity index (χ2v) is 4.92. The third-order valence-electron chi connectivity index (χ3n) is 3.29. The minimum absolute atomic E-state index is 0.0353. The molecule has 5 heteroatoms. The Morgan fingerprint density at radius 2 is 1.89 bits per heavy atom. The highest BCUT2D eigenvalue weighted by atomic mass is 35.5. The van der Waals surface area contributed by atoms with Gasteiger partial charge in [0, 0.05) is 29.8 Å². The SMILES string of the molecule is CNC1CCN(C(=O)Nc2ccc(Cl)cc2)CC1. The molecule has 2 N–H and O–H groups in total. The summed E-state index contributed by atoms with van der Waals surface area (Å²) in [6.07, 6.45) is 2.01. The number of rotatable bonds is 2. The lowest BCUT2D eigenvalue weighted by Gasteiger charge is -2.31. The molecule has 18 heavy (non-hydrogen) atoms. The number of carbonyl (C=O) groups is 1. The summed E-state index contributed by atoms with van der Waals surface area (Å²) in [5.74, 6) is 0. The Morgan fingerprint density at radius 3 is 2.44 bits per heavy atom. The van der Waals surface area contributed by atoms with Gasteiger partial charge < -0.3 is 15.5 Å². The Balaban J connectivity index is 1.87. The lowest BCUT2D eigenvalue weighted by Crippen LogP contribution is -2.45. The van der Waals surface area contributed by atoms with Crippen LogP contribution in [0.5, 0.6) is 0 Å². The summed E-state index contributed by atoms with van der Waals surface area (Å²) in [5.41, 5.74) is 0.778. The average molecular weight is 268 g/mol. The van der Waals surface area contributed by atoms with Crippen LogP contribution in [0.1, 0.15) is 12.8 Å². The van der Waals surface area contributed by atoms with Gasteiger partial charge in [0.25, 0.3) is 0 Å². The minimum atomic E-state index is -0.0353. The zero-order chi connectivity index (χ0) is 13.0. The third kappa shape index (κ3) is 3.37. The van der Waals surface area contributed by atoms with Gasteiger partial charge in [0.05, 0.1) is 0 Å². The fraction of sp³-hybridized carbons (Fsp3) is 0.462. The number of nitrogens with one attached hydrogen (secondary N) is 2. The van der Waals surface area contributed by atoms with Crippen LogP contribution >= 0.6 is 11.6 Å². The van der Waals surface area contributed by atoms with Crippen LogP contribution in [0, 0.1) is 0 Å². The maximum atomic E-state index is 12.0. The van der Waals surface area contributed by atoms with Crippen LogP contribution in [0.25, 0.3) is 0 Å². The first-order valence-electron chi connectivity index (χ1n) is 6.18. The van der Waals surface area contributed by atoms with Crippen LogP contribution in [-0.4, -0.2) is 37.1 Å². The van der Waals surface area contributed by atoms with Crippen LogP contribution in [0.15, 0.2) is 24.3 Å². The van der Waals surface area contributed by atoms with Crippen molar-refractivity contribution < 1.29 is 4.79 Å². The molecule has 1 aromatic rings. The van der Waals surface area contributed by atoms with Crippen molar-refractivity contribution in [1.82, 2.24) is 10.2 Å². The molecule has 4 nitrogen and oxygen atoms in total. The standard InChI is InChI=1S/C13H18ClN3O/c1-15-11-6-8-17(9-7-11)13(18)16-12-4-2-10(14)3-5-12/h2-5,11,15H,6-9H2,1H3,(H,16,18). The zero-order valence-electron chi connectivity index (χ0n) is 10.4. The molecule has 0 saturated carbocycles. The first-order chi connectivity index (χ1) is 8.69. The van der Waals surface area contributed by atoms with E-state index in [0.29, 0.717) is 11.1 Å². The van der Waals surface area contributed by atoms with Crippen molar-refractivity contribution in [3.63, 3.8) is 0 Å². The van der Waals surface area contributed by atoms with Gasteiger partial charge in [-0.2, -0.15) is 0 Å². The van der Waals surface area contributed by atoms with E-state index in [1.54, 1.807) is 24.3 Å². The van der Waals surface area contributed by atoms with Gasteiger partial charge >= 0.3 is 6.03 Å². The van der Waals surface area contributed by atoms with Crippen molar-refractivity contribution >= 4 is 23.3 Å². The second-order valence-electron chi connectivity index (χ2n) is 4.49. The van der Waals surface area contributed by atoms with E-state index in [-0.39, 0.29) is 6.03 Å². The molecule has 1 fully saturated rings. The molecular weight excluding hydrogens is 250 g/mol. The van der Waals surface area contributed by atoms with E-state index in [0.717, 1.165) is 31.6 Å². The van der Waals surface area contributed by atoms with Crippen molar-refractivity contribution in [2.45, 2.75) is 18.9 Å². The van der Waals surface area contributed by atoms with E-state index in [1.807, 2.05) is 11.9 Å². The largest absolute Gasteiger partial charge is 0.324 e. The van der Waals surface area contributed by atoms with Gasteiger partial charge in [0.1, 0.15) is 0 Å². The predicted octanol–water partition coefficient (Wildman–Crippen LogP) is 2.56. The summed E-state index contributed by atoms with van der Waals surface area (Å²) in [4.78, 5) is 13.9. The molecule has 0 spiro atoms. The van der Waals surface area contributed by atoms with E-state index >= 15 is 0 Å².